The lowest BCUT2D eigenvalue weighted by atomic mass is 9.88. The second kappa shape index (κ2) is 10.7. The molecule has 3 aliphatic rings. The molecule has 0 aliphatic carbocycles. The van der Waals surface area contributed by atoms with E-state index in [4.69, 9.17) is 16.3 Å². The van der Waals surface area contributed by atoms with Gasteiger partial charge in [0.15, 0.2) is 0 Å². The Hall–Kier alpha value is -2.45. The van der Waals surface area contributed by atoms with Crippen LogP contribution >= 0.6 is 11.6 Å². The lowest BCUT2D eigenvalue weighted by molar-refractivity contribution is -0.138. The second-order valence-electron chi connectivity index (χ2n) is 10.1. The van der Waals surface area contributed by atoms with Crippen LogP contribution in [0.2, 0.25) is 5.02 Å². The number of piperidine rings is 1. The SMILES string of the molecule is O=C(Cc1ccc(OCCCC2CCN(c3ncc(Cl)cn3)CC2)cc1F)N1CC2(CCCN2)C1. The highest BCUT2D eigenvalue weighted by molar-refractivity contribution is 6.30. The molecule has 3 aliphatic heterocycles. The van der Waals surface area contributed by atoms with Gasteiger partial charge in [-0.1, -0.05) is 17.7 Å². The summed E-state index contributed by atoms with van der Waals surface area (Å²) in [5.74, 6) is 1.52. The molecule has 3 fully saturated rings. The molecule has 35 heavy (non-hydrogen) atoms. The number of aromatic nitrogens is 2. The molecule has 1 N–H and O–H groups in total. The summed E-state index contributed by atoms with van der Waals surface area (Å²) in [5, 5.41) is 4.05. The largest absolute Gasteiger partial charge is 0.493 e. The molecule has 1 amide bonds. The molecule has 1 aromatic heterocycles. The lowest BCUT2D eigenvalue weighted by Crippen LogP contribution is -2.68. The van der Waals surface area contributed by atoms with Crippen molar-refractivity contribution in [3.8, 4) is 5.75 Å². The molecule has 0 atom stereocenters. The van der Waals surface area contributed by atoms with Gasteiger partial charge in [-0.3, -0.25) is 4.79 Å². The van der Waals surface area contributed by atoms with Crippen molar-refractivity contribution < 1.29 is 13.9 Å². The Labute approximate surface area is 211 Å². The number of carbonyl (C=O) groups excluding carboxylic acids is 1. The monoisotopic (exact) mass is 501 g/mol. The summed E-state index contributed by atoms with van der Waals surface area (Å²) in [4.78, 5) is 25.2. The van der Waals surface area contributed by atoms with Crippen molar-refractivity contribution in [2.24, 2.45) is 5.92 Å². The minimum absolute atomic E-state index is 0.00874. The Kier molecular flexibility index (Phi) is 7.39. The molecule has 188 valence electrons. The molecule has 7 nitrogen and oxygen atoms in total. The third-order valence-electron chi connectivity index (χ3n) is 7.57. The average Bonchev–Trinajstić information content (AvgIpc) is 3.34. The molecule has 9 heteroatoms. The first-order valence-corrected chi connectivity index (χ1v) is 13.0. The maximum Gasteiger partial charge on any atom is 0.227 e. The van der Waals surface area contributed by atoms with Gasteiger partial charge in [-0.05, 0) is 62.6 Å². The third-order valence-corrected chi connectivity index (χ3v) is 7.76. The number of nitrogens with zero attached hydrogens (tertiary/aromatic N) is 4. The van der Waals surface area contributed by atoms with E-state index in [1.54, 1.807) is 24.5 Å². The molecule has 5 rings (SSSR count). The van der Waals surface area contributed by atoms with E-state index in [1.165, 1.54) is 6.07 Å². The van der Waals surface area contributed by atoms with E-state index in [2.05, 4.69) is 20.2 Å². The Morgan fingerprint density at radius 2 is 2.00 bits per heavy atom. The summed E-state index contributed by atoms with van der Waals surface area (Å²) in [6, 6.07) is 4.86. The third kappa shape index (κ3) is 5.86. The Morgan fingerprint density at radius 3 is 2.69 bits per heavy atom. The summed E-state index contributed by atoms with van der Waals surface area (Å²) in [6.07, 6.45) is 9.85. The summed E-state index contributed by atoms with van der Waals surface area (Å²) >= 11 is 5.87. The second-order valence-corrected chi connectivity index (χ2v) is 10.5. The van der Waals surface area contributed by atoms with Gasteiger partial charge in [-0.25, -0.2) is 14.4 Å². The number of anilines is 1. The van der Waals surface area contributed by atoms with Crippen LogP contribution in [0.15, 0.2) is 30.6 Å². The smallest absolute Gasteiger partial charge is 0.227 e. The molecule has 4 heterocycles. The molecule has 2 aromatic rings. The molecular formula is C26H33ClFN5O2. The van der Waals surface area contributed by atoms with Crippen molar-refractivity contribution in [2.45, 2.75) is 50.5 Å². The van der Waals surface area contributed by atoms with Crippen LogP contribution in [0, 0.1) is 11.7 Å². The molecule has 3 saturated heterocycles. The number of benzene rings is 1. The quantitative estimate of drug-likeness (QED) is 0.554. The Balaban J connectivity index is 1.00. The maximum atomic E-state index is 14.6. The molecular weight excluding hydrogens is 469 g/mol. The van der Waals surface area contributed by atoms with E-state index in [9.17, 15) is 9.18 Å². The zero-order chi connectivity index (χ0) is 24.3. The van der Waals surface area contributed by atoms with Crippen LogP contribution in [0.1, 0.15) is 44.1 Å². The molecule has 0 unspecified atom stereocenters. The van der Waals surface area contributed by atoms with E-state index in [-0.39, 0.29) is 23.7 Å². The number of hydrogen-bond acceptors (Lipinski definition) is 6. The number of likely N-dealkylation sites (tertiary alicyclic amines) is 1. The number of rotatable bonds is 8. The van der Waals surface area contributed by atoms with Gasteiger partial charge in [0.2, 0.25) is 11.9 Å². The van der Waals surface area contributed by atoms with Crippen LogP contribution < -0.4 is 15.0 Å². The van der Waals surface area contributed by atoms with Crippen molar-refractivity contribution in [2.75, 3.05) is 44.2 Å². The molecule has 1 aromatic carbocycles. The topological polar surface area (TPSA) is 70.6 Å². The molecule has 0 bridgehead atoms. The van der Waals surface area contributed by atoms with Crippen molar-refractivity contribution in [1.29, 1.82) is 0 Å². The molecule has 1 spiro atoms. The normalized spacial score (nSPS) is 19.7. The van der Waals surface area contributed by atoms with Gasteiger partial charge < -0.3 is 19.9 Å². The fourth-order valence-electron chi connectivity index (χ4n) is 5.49. The Morgan fingerprint density at radius 1 is 1.23 bits per heavy atom. The first kappa shape index (κ1) is 24.3. The number of hydrogen-bond donors (Lipinski definition) is 1. The average molecular weight is 502 g/mol. The maximum absolute atomic E-state index is 14.6. The predicted octanol–water partition coefficient (Wildman–Crippen LogP) is 3.85. The highest BCUT2D eigenvalue weighted by atomic mass is 35.5. The molecule has 0 radical (unpaired) electrons. The highest BCUT2D eigenvalue weighted by Crippen LogP contribution is 2.30. The van der Waals surface area contributed by atoms with Crippen LogP contribution in [-0.4, -0.2) is 65.6 Å². The van der Waals surface area contributed by atoms with Crippen LogP contribution in [0.5, 0.6) is 5.75 Å². The standard InChI is InChI=1S/C26H33ClFN5O2/c27-21-15-29-25(30-16-21)32-10-6-19(7-11-32)3-1-12-35-22-5-4-20(23(28)14-22)13-24(34)33-17-26(18-33)8-2-9-31-26/h4-5,14-16,19,31H,1-3,6-13,17-18H2. The number of ether oxygens (including phenoxy) is 1. The first-order valence-electron chi connectivity index (χ1n) is 12.7. The van der Waals surface area contributed by atoms with E-state index >= 15 is 0 Å². The van der Waals surface area contributed by atoms with E-state index in [0.717, 1.165) is 77.2 Å². The van der Waals surface area contributed by atoms with Gasteiger partial charge in [0.1, 0.15) is 11.6 Å². The summed E-state index contributed by atoms with van der Waals surface area (Å²) in [7, 11) is 0. The Bertz CT molecular complexity index is 1010. The highest BCUT2D eigenvalue weighted by Gasteiger charge is 2.46. The van der Waals surface area contributed by atoms with Gasteiger partial charge in [0, 0.05) is 32.2 Å². The molecule has 0 saturated carbocycles. The number of nitrogens with one attached hydrogen (secondary N) is 1. The fourth-order valence-corrected chi connectivity index (χ4v) is 5.59. The van der Waals surface area contributed by atoms with Crippen molar-refractivity contribution in [3.63, 3.8) is 0 Å². The number of amides is 1. The van der Waals surface area contributed by atoms with Gasteiger partial charge in [0.25, 0.3) is 0 Å². The van der Waals surface area contributed by atoms with E-state index in [0.29, 0.717) is 28.9 Å². The van der Waals surface area contributed by atoms with E-state index < -0.39 is 0 Å². The van der Waals surface area contributed by atoms with Crippen molar-refractivity contribution >= 4 is 23.5 Å². The van der Waals surface area contributed by atoms with Crippen molar-refractivity contribution in [1.82, 2.24) is 20.2 Å². The predicted molar refractivity (Wildman–Crippen MR) is 133 cm³/mol. The van der Waals surface area contributed by atoms with Gasteiger partial charge in [0.05, 0.1) is 36.0 Å². The number of carbonyl (C=O) groups is 1. The van der Waals surface area contributed by atoms with Crippen LogP contribution in [-0.2, 0) is 11.2 Å². The zero-order valence-corrected chi connectivity index (χ0v) is 20.8. The summed E-state index contributed by atoms with van der Waals surface area (Å²) < 4.78 is 20.4. The van der Waals surface area contributed by atoms with Crippen LogP contribution in [0.3, 0.4) is 0 Å². The minimum atomic E-state index is -0.373. The van der Waals surface area contributed by atoms with Gasteiger partial charge in [-0.15, -0.1) is 0 Å². The van der Waals surface area contributed by atoms with E-state index in [1.807, 2.05) is 4.90 Å². The van der Waals surface area contributed by atoms with Crippen molar-refractivity contribution in [3.05, 3.63) is 47.0 Å². The minimum Gasteiger partial charge on any atom is -0.493 e. The van der Waals surface area contributed by atoms with Crippen LogP contribution in [0.25, 0.3) is 0 Å². The fraction of sp³-hybridized carbons (Fsp3) is 0.577. The lowest BCUT2D eigenvalue weighted by Gasteiger charge is -2.48. The van der Waals surface area contributed by atoms with Crippen LogP contribution in [0.4, 0.5) is 10.3 Å². The van der Waals surface area contributed by atoms with Gasteiger partial charge in [-0.2, -0.15) is 0 Å². The summed E-state index contributed by atoms with van der Waals surface area (Å²) in [5.41, 5.74) is 0.549. The van der Waals surface area contributed by atoms with Gasteiger partial charge >= 0.3 is 0 Å². The zero-order valence-electron chi connectivity index (χ0n) is 20.0. The first-order chi connectivity index (χ1) is 17.0. The number of halogens is 2. The summed E-state index contributed by atoms with van der Waals surface area (Å²) in [6.45, 7) is 4.93.